The number of nitrogens with one attached hydrogen (secondary N) is 1. The maximum Gasteiger partial charge on any atom is 0.229 e. The smallest absolute Gasteiger partial charge is 0.229 e. The van der Waals surface area contributed by atoms with Crippen molar-refractivity contribution >= 4 is 17.5 Å². The van der Waals surface area contributed by atoms with Gasteiger partial charge in [-0.2, -0.15) is 4.98 Å². The van der Waals surface area contributed by atoms with Crippen molar-refractivity contribution in [3.8, 4) is 0 Å². The largest absolute Gasteiger partial charge is 0.384 e. The van der Waals surface area contributed by atoms with E-state index in [-0.39, 0.29) is 0 Å². The van der Waals surface area contributed by atoms with Crippen molar-refractivity contribution in [1.82, 2.24) is 9.97 Å². The summed E-state index contributed by atoms with van der Waals surface area (Å²) in [6, 6.07) is 11.5. The highest BCUT2D eigenvalue weighted by Gasteiger charge is 1.99. The van der Waals surface area contributed by atoms with Crippen LogP contribution in [0.4, 0.5) is 17.5 Å². The molecule has 0 saturated carbocycles. The van der Waals surface area contributed by atoms with Crippen molar-refractivity contribution in [1.29, 1.82) is 0 Å². The molecule has 76 valence electrons. The number of hydrogen-bond acceptors (Lipinski definition) is 4. The summed E-state index contributed by atoms with van der Waals surface area (Å²) >= 11 is 0. The van der Waals surface area contributed by atoms with Crippen molar-refractivity contribution in [2.24, 2.45) is 0 Å². The number of benzene rings is 1. The summed E-state index contributed by atoms with van der Waals surface area (Å²) in [5.41, 5.74) is 7.42. The third-order valence-electron chi connectivity index (χ3n) is 1.90. The summed E-state index contributed by atoms with van der Waals surface area (Å²) in [7, 11) is 0. The first-order valence-electron chi connectivity index (χ1n) is 4.67. The molecule has 15 heavy (non-hydrogen) atoms. The van der Waals surface area contributed by atoms with Crippen molar-refractivity contribution in [3.63, 3.8) is 0 Å². The van der Waals surface area contributed by atoms with Gasteiger partial charge in [0.15, 0.2) is 0 Å². The number of nitrogen functional groups attached to an aromatic ring is 1. The summed E-state index contributed by atoms with van der Waals surface area (Å²) < 4.78 is 0. The van der Waals surface area contributed by atoms with Gasteiger partial charge in [0.2, 0.25) is 5.95 Å². The van der Waals surface area contributed by atoms with Gasteiger partial charge in [-0.3, -0.25) is 0 Å². The zero-order valence-electron chi connectivity index (χ0n) is 8.44. The van der Waals surface area contributed by atoms with Crippen molar-refractivity contribution in [2.75, 3.05) is 11.1 Å². The topological polar surface area (TPSA) is 63.8 Å². The second-order valence-corrected chi connectivity index (χ2v) is 3.25. The molecule has 2 rings (SSSR count). The van der Waals surface area contributed by atoms with Gasteiger partial charge in [-0.1, -0.05) is 18.2 Å². The predicted molar refractivity (Wildman–Crippen MR) is 60.9 cm³/mol. The molecule has 0 fully saturated rings. The van der Waals surface area contributed by atoms with Crippen LogP contribution >= 0.6 is 0 Å². The number of nitrogens with two attached hydrogens (primary N) is 1. The molecule has 0 unspecified atom stereocenters. The average molecular weight is 200 g/mol. The molecule has 0 aliphatic heterocycles. The first kappa shape index (κ1) is 9.45. The number of aromatic nitrogens is 2. The molecule has 1 heterocycles. The first-order chi connectivity index (χ1) is 7.24. The first-order valence-corrected chi connectivity index (χ1v) is 4.67. The number of anilines is 3. The van der Waals surface area contributed by atoms with Crippen LogP contribution in [0.25, 0.3) is 0 Å². The lowest BCUT2D eigenvalue weighted by atomic mass is 10.3. The number of nitrogens with zero attached hydrogens (tertiary/aromatic N) is 2. The normalized spacial score (nSPS) is 9.93. The van der Waals surface area contributed by atoms with Gasteiger partial charge in [-0.25, -0.2) is 4.98 Å². The molecule has 0 spiro atoms. The lowest BCUT2D eigenvalue weighted by Crippen LogP contribution is -2.01. The van der Waals surface area contributed by atoms with E-state index in [0.717, 1.165) is 11.4 Å². The third-order valence-corrected chi connectivity index (χ3v) is 1.90. The third kappa shape index (κ3) is 2.43. The summed E-state index contributed by atoms with van der Waals surface area (Å²) in [6.07, 6.45) is 0. The van der Waals surface area contributed by atoms with Crippen LogP contribution in [0.15, 0.2) is 36.4 Å². The summed E-state index contributed by atoms with van der Waals surface area (Å²) in [4.78, 5) is 8.31. The zero-order chi connectivity index (χ0) is 10.7. The molecule has 0 radical (unpaired) electrons. The highest BCUT2D eigenvalue weighted by atomic mass is 15.1. The summed E-state index contributed by atoms with van der Waals surface area (Å²) in [5, 5.41) is 3.08. The zero-order valence-corrected chi connectivity index (χ0v) is 8.44. The standard InChI is InChI=1S/C11H12N4/c1-8-7-10(12)15-11(13-8)14-9-5-3-2-4-6-9/h2-7H,1H3,(H3,12,13,14,15). The molecule has 0 bridgehead atoms. The average Bonchev–Trinajstić information content (AvgIpc) is 2.17. The Kier molecular flexibility index (Phi) is 2.49. The van der Waals surface area contributed by atoms with Crippen LogP contribution in [0.1, 0.15) is 5.69 Å². The Hall–Kier alpha value is -2.10. The Morgan fingerprint density at radius 1 is 1.13 bits per heavy atom. The predicted octanol–water partition coefficient (Wildman–Crippen LogP) is 2.11. The van der Waals surface area contributed by atoms with E-state index in [4.69, 9.17) is 5.73 Å². The molecule has 1 aromatic heterocycles. The Bertz CT molecular complexity index is 433. The fourth-order valence-electron chi connectivity index (χ4n) is 1.30. The Labute approximate surface area is 88.2 Å². The van der Waals surface area contributed by atoms with Crippen molar-refractivity contribution < 1.29 is 0 Å². The van der Waals surface area contributed by atoms with Crippen LogP contribution < -0.4 is 11.1 Å². The van der Waals surface area contributed by atoms with Crippen molar-refractivity contribution in [3.05, 3.63) is 42.1 Å². The second-order valence-electron chi connectivity index (χ2n) is 3.25. The van der Waals surface area contributed by atoms with Crippen LogP contribution in [-0.2, 0) is 0 Å². The maximum atomic E-state index is 5.62. The Morgan fingerprint density at radius 3 is 2.53 bits per heavy atom. The van der Waals surface area contributed by atoms with Gasteiger partial charge in [0.05, 0.1) is 0 Å². The molecule has 2 aromatic rings. The number of aryl methyl sites for hydroxylation is 1. The van der Waals surface area contributed by atoms with E-state index in [1.807, 2.05) is 37.3 Å². The van der Waals surface area contributed by atoms with Crippen LogP contribution in [0, 0.1) is 6.92 Å². The monoisotopic (exact) mass is 200 g/mol. The van der Waals surface area contributed by atoms with E-state index < -0.39 is 0 Å². The van der Waals surface area contributed by atoms with Gasteiger partial charge >= 0.3 is 0 Å². The molecule has 0 amide bonds. The maximum absolute atomic E-state index is 5.62. The second kappa shape index (κ2) is 3.96. The van der Waals surface area contributed by atoms with Gasteiger partial charge in [0.1, 0.15) is 5.82 Å². The Morgan fingerprint density at radius 2 is 1.87 bits per heavy atom. The fourth-order valence-corrected chi connectivity index (χ4v) is 1.30. The van der Waals surface area contributed by atoms with Gasteiger partial charge < -0.3 is 11.1 Å². The SMILES string of the molecule is Cc1cc(N)nc(Nc2ccccc2)n1. The minimum Gasteiger partial charge on any atom is -0.384 e. The van der Waals surface area contributed by atoms with E-state index in [9.17, 15) is 0 Å². The molecular weight excluding hydrogens is 188 g/mol. The van der Waals surface area contributed by atoms with E-state index >= 15 is 0 Å². The Balaban J connectivity index is 2.25. The van der Waals surface area contributed by atoms with E-state index in [2.05, 4.69) is 15.3 Å². The van der Waals surface area contributed by atoms with Crippen LogP contribution in [0.2, 0.25) is 0 Å². The van der Waals surface area contributed by atoms with E-state index in [1.165, 1.54) is 0 Å². The molecule has 4 nitrogen and oxygen atoms in total. The lowest BCUT2D eigenvalue weighted by molar-refractivity contribution is 1.11. The van der Waals surface area contributed by atoms with Crippen LogP contribution in [-0.4, -0.2) is 9.97 Å². The summed E-state index contributed by atoms with van der Waals surface area (Å²) in [5.74, 6) is 1.000. The molecule has 0 aliphatic rings. The highest BCUT2D eigenvalue weighted by molar-refractivity contribution is 5.54. The number of rotatable bonds is 2. The van der Waals surface area contributed by atoms with Gasteiger partial charge in [-0.15, -0.1) is 0 Å². The fraction of sp³-hybridized carbons (Fsp3) is 0.0909. The van der Waals surface area contributed by atoms with Gasteiger partial charge in [0, 0.05) is 17.4 Å². The van der Waals surface area contributed by atoms with Crippen molar-refractivity contribution in [2.45, 2.75) is 6.92 Å². The quantitative estimate of drug-likeness (QED) is 0.779. The highest BCUT2D eigenvalue weighted by Crippen LogP contribution is 2.13. The van der Waals surface area contributed by atoms with E-state index in [1.54, 1.807) is 6.07 Å². The molecular formula is C11H12N4. The van der Waals surface area contributed by atoms with Gasteiger partial charge in [0.25, 0.3) is 0 Å². The van der Waals surface area contributed by atoms with Crippen LogP contribution in [0.5, 0.6) is 0 Å². The minimum atomic E-state index is 0.473. The summed E-state index contributed by atoms with van der Waals surface area (Å²) in [6.45, 7) is 1.88. The molecule has 3 N–H and O–H groups in total. The molecule has 1 aromatic carbocycles. The molecule has 4 heteroatoms. The van der Waals surface area contributed by atoms with Crippen LogP contribution in [0.3, 0.4) is 0 Å². The lowest BCUT2D eigenvalue weighted by Gasteiger charge is -2.05. The minimum absolute atomic E-state index is 0.473. The molecule has 0 aliphatic carbocycles. The number of hydrogen-bond donors (Lipinski definition) is 2. The molecule has 0 saturated heterocycles. The molecule has 0 atom stereocenters. The van der Waals surface area contributed by atoms with E-state index in [0.29, 0.717) is 11.8 Å². The number of para-hydroxylation sites is 1. The van der Waals surface area contributed by atoms with Gasteiger partial charge in [-0.05, 0) is 19.1 Å².